The number of nitrogens with two attached hydrogens (primary N) is 1. The number of hydrogen-bond donors (Lipinski definition) is 4. The third-order valence-electron chi connectivity index (χ3n) is 25.0. The fourth-order valence-corrected chi connectivity index (χ4v) is 18.8. The van der Waals surface area contributed by atoms with E-state index in [9.17, 15) is 52.5 Å². The normalized spacial score (nSPS) is 26.9. The highest BCUT2D eigenvalue weighted by Gasteiger charge is 2.53. The lowest BCUT2D eigenvalue weighted by Gasteiger charge is -2.43. The maximum atomic E-state index is 15.6. The number of nitrogens with zero attached hydrogens (tertiary/aromatic N) is 3. The molecule has 2 bridgehead atoms. The van der Waals surface area contributed by atoms with E-state index in [0.717, 1.165) is 34.8 Å². The predicted molar refractivity (Wildman–Crippen MR) is 501 cm³/mol. The van der Waals surface area contributed by atoms with Crippen molar-refractivity contribution in [2.24, 2.45) is 35.5 Å². The number of allylic oxidation sites excluding steroid dienone is 5. The van der Waals surface area contributed by atoms with Gasteiger partial charge in [-0.25, -0.2) is 22.6 Å². The zero-order valence-corrected chi connectivity index (χ0v) is 81.6. The highest BCUT2D eigenvalue weighted by atomic mass is 32.2. The second kappa shape index (κ2) is 59.0. The molecule has 740 valence electrons. The summed E-state index contributed by atoms with van der Waals surface area (Å²) in [5.74, 6) is -8.35. The molecule has 5 N–H and O–H groups in total. The van der Waals surface area contributed by atoms with E-state index in [0.29, 0.717) is 192 Å². The first-order valence-corrected chi connectivity index (χ1v) is 49.1. The van der Waals surface area contributed by atoms with E-state index in [1.165, 1.54) is 25.0 Å². The van der Waals surface area contributed by atoms with Crippen molar-refractivity contribution in [1.82, 2.24) is 14.8 Å². The Morgan fingerprint density at radius 2 is 1.35 bits per heavy atom. The SMILES string of the molecule is CCOCCOCCOCCOCCC(=O)CCCS(=O)(=O)c1ccc(C(=O)N2CCOc3ccc(-c4ccc(N)nc4)cc3C2)c(C)c1F.CCOCCOCCOCCOCCCC(=S)O[C@@H]1CC[C@@H](C[C@@H](C)[C@@H]2C[C@@H](O)[C@H](C)/C=C(\C)[C@@H](O)[C@@H](OC)C(=O)[C@H](C)C[C@H](C)/C=C/C=C/C=C(\C)[C@@H](OC)C[C@@H]3CC[C@@H](C)[C@@](O)(O3)C(=O)C(=O)N3CCCC[C@H]3C(=O)O2)C[C@H]1OC. The first-order chi connectivity index (χ1) is 63.3. The van der Waals surface area contributed by atoms with Crippen LogP contribution in [0.2, 0.25) is 0 Å². The van der Waals surface area contributed by atoms with Crippen LogP contribution in [0.25, 0.3) is 11.1 Å². The number of anilines is 1. The number of amides is 2. The number of halogens is 1. The number of fused-ring (bicyclic) bond motifs is 4. The minimum atomic E-state index is -4.05. The zero-order chi connectivity index (χ0) is 96.3. The number of Topliss-reactive ketones (excluding diaryl/α,β-unsaturated/α-hetero) is 3. The van der Waals surface area contributed by atoms with Crippen LogP contribution < -0.4 is 10.5 Å². The van der Waals surface area contributed by atoms with Crippen LogP contribution in [0.4, 0.5) is 10.2 Å². The number of aliphatic hydroxyl groups excluding tert-OH is 2. The quantitative estimate of drug-likeness (QED) is 0.0135. The minimum absolute atomic E-state index is 0.00293. The van der Waals surface area contributed by atoms with E-state index in [1.54, 1.807) is 58.2 Å². The maximum Gasteiger partial charge on any atom is 0.329 e. The molecule has 16 atom stereocenters. The van der Waals surface area contributed by atoms with Crippen molar-refractivity contribution in [2.45, 2.75) is 250 Å². The van der Waals surface area contributed by atoms with Crippen molar-refractivity contribution < 1.29 is 128 Å². The molecule has 33 heteroatoms. The number of hydrogen-bond acceptors (Lipinski definition) is 29. The monoisotopic (exact) mass is 1890 g/mol. The molecule has 3 fully saturated rings. The van der Waals surface area contributed by atoms with Crippen LogP contribution in [0.3, 0.4) is 0 Å². The molecule has 0 radical (unpaired) electrons. The molecule has 1 aliphatic carbocycles. The van der Waals surface area contributed by atoms with Crippen molar-refractivity contribution in [3.63, 3.8) is 0 Å². The average Bonchev–Trinajstić information content (AvgIpc) is 0.821. The number of esters is 1. The fraction of sp³-hybridized carbons (Fsp3) is 0.677. The summed E-state index contributed by atoms with van der Waals surface area (Å²) in [5.41, 5.74) is 9.53. The molecule has 5 heterocycles. The summed E-state index contributed by atoms with van der Waals surface area (Å²) in [5, 5.41) is 36.2. The van der Waals surface area contributed by atoms with Crippen molar-refractivity contribution in [3.05, 3.63) is 119 Å². The number of sulfone groups is 1. The smallest absolute Gasteiger partial charge is 0.329 e. The van der Waals surface area contributed by atoms with Crippen molar-refractivity contribution in [3.8, 4) is 16.9 Å². The standard InChI is InChI=1S/C63H103NO17S.C36H46FN3O9S/c1-12-75-29-30-77-33-34-78-32-31-76-28-18-22-56(82)79-52-26-24-48(38-55(52)73-10)37-44(5)54-40-51(65)43(4)36-46(7)58(67)59(74-11)57(66)45(6)35-41(2)19-14-13-15-20-42(3)53(72-9)39-49-25-23-47(8)63(71,81-49)60(68)61(69)64-27-17-16-21-50(64)62(70)80-54;1-3-45-16-17-47-20-21-48-19-18-46-14-12-30(41)5-4-22-50(43,44)33-10-8-31(26(2)35(33)37)36(42)40-13-15-49-32-9-6-27(23-29(32)25-40)28-7-11-34(38)39-24-28/h13-15,19-20,36,41,43-45,47-55,58-59,65,67,71H,12,16-18,21-35,37-40H2,1-11H3;6-11,23-24H,3-5,12-22,25H2,1-2H3,(H2,38,39)/b15-13+,19-14+,42-20+,46-36+;/t41-,43-,44-,45-,47-,48+,49+,50+,51-,52-,53+,54+,55-,58-,59+,63-;/m1./s1. The van der Waals surface area contributed by atoms with E-state index >= 15 is 4.39 Å². The Morgan fingerprint density at radius 3 is 1.98 bits per heavy atom. The molecule has 0 unspecified atom stereocenters. The Balaban J connectivity index is 0.000000405. The predicted octanol–water partition coefficient (Wildman–Crippen LogP) is 12.6. The van der Waals surface area contributed by atoms with Crippen LogP contribution in [0.15, 0.2) is 101 Å². The van der Waals surface area contributed by atoms with Gasteiger partial charge in [0.25, 0.3) is 17.6 Å². The van der Waals surface area contributed by atoms with Crippen molar-refractivity contribution in [2.75, 3.05) is 158 Å². The van der Waals surface area contributed by atoms with Crippen LogP contribution in [0, 0.1) is 48.2 Å². The van der Waals surface area contributed by atoms with Crippen LogP contribution >= 0.6 is 12.2 Å². The second-order valence-electron chi connectivity index (χ2n) is 35.1. The van der Waals surface area contributed by atoms with Crippen LogP contribution in [-0.2, 0) is 107 Å². The number of cyclic esters (lactones) is 1. The van der Waals surface area contributed by atoms with Gasteiger partial charge in [0.15, 0.2) is 20.7 Å². The number of methoxy groups -OCH3 is 3. The molecule has 0 spiro atoms. The van der Waals surface area contributed by atoms with Crippen molar-refractivity contribution >= 4 is 68.1 Å². The lowest BCUT2D eigenvalue weighted by molar-refractivity contribution is -0.265. The second-order valence-corrected chi connectivity index (χ2v) is 37.6. The number of thiocarbonyl (C=S) groups is 1. The van der Waals surface area contributed by atoms with E-state index in [4.69, 9.17) is 89.0 Å². The summed E-state index contributed by atoms with van der Waals surface area (Å²) in [6, 6.07) is 10.5. The molecule has 2 saturated heterocycles. The summed E-state index contributed by atoms with van der Waals surface area (Å²) in [6.45, 7) is 26.7. The first-order valence-electron chi connectivity index (χ1n) is 47.1. The molecule has 2 amide bonds. The van der Waals surface area contributed by atoms with Crippen molar-refractivity contribution in [1.29, 1.82) is 0 Å². The van der Waals surface area contributed by atoms with Gasteiger partial charge in [-0.1, -0.05) is 77.1 Å². The Hall–Kier alpha value is -7.26. The summed E-state index contributed by atoms with van der Waals surface area (Å²) in [6.07, 6.45) is 14.3. The number of aromatic nitrogens is 1. The van der Waals surface area contributed by atoms with E-state index < -0.39 is 116 Å². The average molecular weight is 1890 g/mol. The number of piperidine rings is 1. The zero-order valence-electron chi connectivity index (χ0n) is 80.0. The topological polar surface area (TPSA) is 381 Å². The van der Waals surface area contributed by atoms with Crippen LogP contribution in [0.1, 0.15) is 193 Å². The van der Waals surface area contributed by atoms with E-state index in [-0.39, 0.29) is 118 Å². The number of aliphatic hydroxyl groups is 3. The number of pyridine rings is 1. The number of benzene rings is 2. The Kier molecular flexibility index (Phi) is 50.0. The molecular formula is C99H149FN4O26S2. The number of rotatable bonds is 41. The molecule has 3 aromatic rings. The van der Waals surface area contributed by atoms with Gasteiger partial charge in [0.1, 0.15) is 65.1 Å². The molecule has 1 saturated carbocycles. The maximum absolute atomic E-state index is 15.6. The number of carbonyl (C=O) groups excluding carboxylic acids is 6. The largest absolute Gasteiger partial charge is 0.491 e. The summed E-state index contributed by atoms with van der Waals surface area (Å²) in [7, 11) is 0.591. The van der Waals surface area contributed by atoms with Gasteiger partial charge < -0.3 is 102 Å². The molecule has 2 aromatic carbocycles. The molecule has 4 aliphatic heterocycles. The molecule has 8 rings (SSSR count). The molecule has 30 nitrogen and oxygen atoms in total. The van der Waals surface area contributed by atoms with Gasteiger partial charge in [-0.05, 0) is 200 Å². The lowest BCUT2D eigenvalue weighted by Crippen LogP contribution is -2.61. The van der Waals surface area contributed by atoms with Gasteiger partial charge in [-0.2, -0.15) is 0 Å². The molecule has 132 heavy (non-hydrogen) atoms. The molecule has 1 aromatic heterocycles. The molecule has 5 aliphatic rings. The van der Waals surface area contributed by atoms with Crippen LogP contribution in [0.5, 0.6) is 5.75 Å². The molecular weight excluding hydrogens is 1740 g/mol. The Morgan fingerprint density at radius 1 is 0.697 bits per heavy atom. The summed E-state index contributed by atoms with van der Waals surface area (Å²) in [4.78, 5) is 89.7. The van der Waals surface area contributed by atoms with E-state index in [1.807, 2.05) is 96.2 Å². The number of ketones is 3. The third-order valence-corrected chi connectivity index (χ3v) is 27.1. The third kappa shape index (κ3) is 36.0. The fourth-order valence-electron chi connectivity index (χ4n) is 17.0. The summed E-state index contributed by atoms with van der Waals surface area (Å²) >= 11 is 5.67. The van der Waals surface area contributed by atoms with Gasteiger partial charge in [0, 0.05) is 127 Å². The van der Waals surface area contributed by atoms with Gasteiger partial charge >= 0.3 is 5.97 Å². The van der Waals surface area contributed by atoms with Gasteiger partial charge in [0.2, 0.25) is 5.79 Å². The Labute approximate surface area is 786 Å². The first kappa shape index (κ1) is 112. The van der Waals surface area contributed by atoms with Gasteiger partial charge in [-0.3, -0.25) is 24.0 Å². The van der Waals surface area contributed by atoms with Crippen LogP contribution in [-0.4, -0.2) is 292 Å². The number of ether oxygens (including phenoxy) is 15. The summed E-state index contributed by atoms with van der Waals surface area (Å²) < 4.78 is 127. The minimum Gasteiger partial charge on any atom is -0.491 e. The highest BCUT2D eigenvalue weighted by molar-refractivity contribution is 7.91. The highest BCUT2D eigenvalue weighted by Crippen LogP contribution is 2.40. The van der Waals surface area contributed by atoms with Gasteiger partial charge in [0.05, 0.1) is 123 Å². The number of nitrogen functional groups attached to an aromatic ring is 1. The van der Waals surface area contributed by atoms with E-state index in [2.05, 4.69) is 4.98 Å². The Bertz CT molecular complexity index is 4310. The van der Waals surface area contributed by atoms with Gasteiger partial charge in [-0.15, -0.1) is 0 Å². The lowest BCUT2D eigenvalue weighted by atomic mass is 9.78. The number of carbonyl (C=O) groups is 6.